The van der Waals surface area contributed by atoms with Crippen LogP contribution in [0.5, 0.6) is 0 Å². The molecule has 1 amide bonds. The Kier molecular flexibility index (Phi) is 11.7. The van der Waals surface area contributed by atoms with Gasteiger partial charge >= 0.3 is 13.9 Å². The lowest BCUT2D eigenvalue weighted by Gasteiger charge is -2.59. The minimum Gasteiger partial charge on any atom is -0.449 e. The number of amides is 1. The highest BCUT2D eigenvalue weighted by Gasteiger charge is 2.76. The number of rotatable bonds is 14. The third kappa shape index (κ3) is 8.13. The molecular formula is C44H64NO11P. The lowest BCUT2D eigenvalue weighted by molar-refractivity contribution is -0.200. The Bertz CT molecular complexity index is 1760. The molecule has 1 heterocycles. The monoisotopic (exact) mass is 813 g/mol. The minimum absolute atomic E-state index is 0.00275. The molecule has 4 saturated carbocycles. The summed E-state index contributed by atoms with van der Waals surface area (Å²) in [6.45, 7) is 13.2. The fraction of sp³-hybridized carbons (Fsp3) is 0.795. The number of aliphatic hydroxyl groups excluding tert-OH is 1. The van der Waals surface area contributed by atoms with Gasteiger partial charge < -0.3 is 29.5 Å². The number of nitrogens with one attached hydrogen (secondary N) is 1. The average Bonchev–Trinajstić information content (AvgIpc) is 3.45. The number of ketones is 2. The number of fused-ring (bicyclic) bond motifs is 8. The zero-order valence-electron chi connectivity index (χ0n) is 34.8. The Morgan fingerprint density at radius 3 is 2.42 bits per heavy atom. The van der Waals surface area contributed by atoms with Crippen molar-refractivity contribution in [1.82, 2.24) is 5.32 Å². The lowest BCUT2D eigenvalue weighted by atomic mass is 9.46. The van der Waals surface area contributed by atoms with Gasteiger partial charge in [-0.2, -0.15) is 0 Å². The van der Waals surface area contributed by atoms with Gasteiger partial charge in [0.05, 0.1) is 30.0 Å². The quantitative estimate of drug-likeness (QED) is 0.118. The van der Waals surface area contributed by atoms with Crippen LogP contribution in [0.1, 0.15) is 126 Å². The zero-order valence-corrected chi connectivity index (χ0v) is 35.7. The van der Waals surface area contributed by atoms with Crippen molar-refractivity contribution in [2.24, 2.45) is 46.3 Å². The summed E-state index contributed by atoms with van der Waals surface area (Å²) in [4.78, 5) is 50.8. The molecule has 0 aromatic carbocycles. The maximum Gasteiger partial charge on any atom is 0.473 e. The van der Waals surface area contributed by atoms with E-state index in [0.29, 0.717) is 43.6 Å². The van der Waals surface area contributed by atoms with Gasteiger partial charge in [0.1, 0.15) is 0 Å². The molecular weight excluding hydrogens is 749 g/mol. The standard InChI is InChI=1S/C44H64NO11P/c1-8-13-37-53-36-23-33-31-17-16-27-22-28(46)18-19-42(27,6)38(31)34(47)24-43(33,7)44(36,54-37)35(48)25-41(4,5)56-57(50,51)55-40(2,3)20-21-45-39(49)52-26-32-29-14-11-9-10-12-15-30(29)32/h18-19,22,29-34,36-38,47H,8,11-17,20-21,23-26H2,1-7H3,(H,45,49)(H,50,51)/t29?,30?,31-,32?,33-,34-,36+,37?,38+,42-,43-,44+/m0/s1. The van der Waals surface area contributed by atoms with E-state index in [4.69, 9.17) is 23.3 Å². The smallest absolute Gasteiger partial charge is 0.449 e. The number of allylic oxidation sites excluding steroid dienone is 4. The van der Waals surface area contributed by atoms with Crippen molar-refractivity contribution in [3.8, 4) is 11.8 Å². The number of carbonyl (C=O) groups is 3. The van der Waals surface area contributed by atoms with Crippen LogP contribution in [0.4, 0.5) is 4.79 Å². The first-order valence-corrected chi connectivity index (χ1v) is 22.8. The summed E-state index contributed by atoms with van der Waals surface area (Å²) < 4.78 is 43.9. The Balaban J connectivity index is 0.980. The van der Waals surface area contributed by atoms with Crippen molar-refractivity contribution in [3.05, 3.63) is 23.8 Å². The van der Waals surface area contributed by atoms with E-state index in [2.05, 4.69) is 31.0 Å². The van der Waals surface area contributed by atoms with Crippen LogP contribution < -0.4 is 5.32 Å². The van der Waals surface area contributed by atoms with Gasteiger partial charge in [-0.05, 0) is 121 Å². The van der Waals surface area contributed by atoms with Gasteiger partial charge in [0.2, 0.25) is 0 Å². The van der Waals surface area contributed by atoms with Crippen LogP contribution in [-0.4, -0.2) is 76.1 Å². The van der Waals surface area contributed by atoms with Gasteiger partial charge in [-0.3, -0.25) is 18.6 Å². The van der Waals surface area contributed by atoms with Gasteiger partial charge in [0, 0.05) is 42.6 Å². The highest BCUT2D eigenvalue weighted by Crippen LogP contribution is 2.70. The molecule has 6 aliphatic carbocycles. The van der Waals surface area contributed by atoms with Crippen LogP contribution >= 0.6 is 7.82 Å². The molecule has 0 radical (unpaired) electrons. The highest BCUT2D eigenvalue weighted by atomic mass is 31.2. The second-order valence-corrected chi connectivity index (χ2v) is 20.9. The Morgan fingerprint density at radius 2 is 1.74 bits per heavy atom. The number of Topliss-reactive ketones (excluding diaryl/α,β-unsaturated/α-hetero) is 1. The third-order valence-electron chi connectivity index (χ3n) is 14.8. The molecule has 4 unspecified atom stereocenters. The van der Waals surface area contributed by atoms with Crippen LogP contribution in [0.3, 0.4) is 0 Å². The van der Waals surface area contributed by atoms with Crippen LogP contribution in [0.25, 0.3) is 0 Å². The molecule has 13 heteroatoms. The van der Waals surface area contributed by atoms with E-state index < -0.39 is 60.0 Å². The molecule has 7 rings (SSSR count). The van der Waals surface area contributed by atoms with Crippen LogP contribution in [-0.2, 0) is 37.4 Å². The molecule has 12 nitrogen and oxygen atoms in total. The van der Waals surface area contributed by atoms with Crippen molar-refractivity contribution < 1.29 is 52.2 Å². The topological polar surface area (TPSA) is 167 Å². The number of ether oxygens (including phenoxy) is 3. The normalized spacial score (nSPS) is 40.3. The Hall–Kier alpha value is -2.36. The number of aliphatic hydroxyl groups is 1. The van der Waals surface area contributed by atoms with Crippen molar-refractivity contribution in [3.63, 3.8) is 0 Å². The molecule has 0 bridgehead atoms. The molecule has 7 aliphatic rings. The van der Waals surface area contributed by atoms with E-state index in [1.54, 1.807) is 39.8 Å². The van der Waals surface area contributed by atoms with Crippen molar-refractivity contribution in [2.45, 2.75) is 161 Å². The number of carbonyl (C=O) groups excluding carboxylic acids is 3. The SMILES string of the molecule is CCCC1O[C@@H]2C[C@H]3[C@@H]4CCC5=CC(=O)C=C[C@]5(C)[C@H]4[C@@H](O)C[C@]3(C)[C@]2(C(=O)CC(C)(C)OP(=O)(O)OC(C)(C)CCNC(=O)OCC2C3CCC#CCCC32)O1. The lowest BCUT2D eigenvalue weighted by Crippen LogP contribution is -2.63. The molecule has 1 saturated heterocycles. The molecule has 57 heavy (non-hydrogen) atoms. The number of phosphoric acid groups is 1. The van der Waals surface area contributed by atoms with Gasteiger partial charge in [0.15, 0.2) is 23.5 Å². The summed E-state index contributed by atoms with van der Waals surface area (Å²) in [5.74, 6) is 7.50. The van der Waals surface area contributed by atoms with Crippen LogP contribution in [0, 0.1) is 58.2 Å². The van der Waals surface area contributed by atoms with E-state index in [9.17, 15) is 28.9 Å². The van der Waals surface area contributed by atoms with Crippen molar-refractivity contribution >= 4 is 25.5 Å². The third-order valence-corrected chi connectivity index (χ3v) is 16.2. The number of hydrogen-bond acceptors (Lipinski definition) is 10. The van der Waals surface area contributed by atoms with Crippen molar-refractivity contribution in [1.29, 1.82) is 0 Å². The first-order valence-electron chi connectivity index (χ1n) is 21.3. The van der Waals surface area contributed by atoms with Gasteiger partial charge in [-0.1, -0.05) is 38.8 Å². The molecule has 1 aliphatic heterocycles. The molecule has 316 valence electrons. The van der Waals surface area contributed by atoms with Gasteiger partial charge in [0.25, 0.3) is 0 Å². The Morgan fingerprint density at radius 1 is 1.05 bits per heavy atom. The molecule has 0 aromatic rings. The number of hydrogen-bond donors (Lipinski definition) is 3. The van der Waals surface area contributed by atoms with Crippen molar-refractivity contribution in [2.75, 3.05) is 13.2 Å². The second-order valence-electron chi connectivity index (χ2n) is 19.6. The first-order chi connectivity index (χ1) is 26.7. The maximum atomic E-state index is 15.0. The summed E-state index contributed by atoms with van der Waals surface area (Å²) in [7, 11) is -4.74. The summed E-state index contributed by atoms with van der Waals surface area (Å²) in [5.41, 5.74) is -4.22. The van der Waals surface area contributed by atoms with Crippen LogP contribution in [0.15, 0.2) is 23.8 Å². The summed E-state index contributed by atoms with van der Waals surface area (Å²) in [6.07, 6.45) is 10.5. The highest BCUT2D eigenvalue weighted by molar-refractivity contribution is 7.47. The largest absolute Gasteiger partial charge is 0.473 e. The summed E-state index contributed by atoms with van der Waals surface area (Å²) in [5, 5.41) is 14.8. The second kappa shape index (κ2) is 15.6. The van der Waals surface area contributed by atoms with E-state index >= 15 is 0 Å². The van der Waals surface area contributed by atoms with Gasteiger partial charge in [-0.25, -0.2) is 9.36 Å². The summed E-state index contributed by atoms with van der Waals surface area (Å²) in [6, 6.07) is 0. The molecule has 0 spiro atoms. The maximum absolute atomic E-state index is 15.0. The predicted molar refractivity (Wildman–Crippen MR) is 211 cm³/mol. The molecule has 0 aromatic heterocycles. The van der Waals surface area contributed by atoms with E-state index in [0.717, 1.165) is 50.5 Å². The zero-order chi connectivity index (χ0) is 41.2. The molecule has 3 N–H and O–H groups in total. The minimum atomic E-state index is -4.74. The first kappa shape index (κ1) is 42.8. The van der Waals surface area contributed by atoms with Crippen LogP contribution in [0.2, 0.25) is 0 Å². The summed E-state index contributed by atoms with van der Waals surface area (Å²) >= 11 is 0. The van der Waals surface area contributed by atoms with E-state index in [-0.39, 0.29) is 48.7 Å². The molecule has 12 atom stereocenters. The number of phosphoric ester groups is 1. The molecule has 5 fully saturated rings. The number of alkyl carbamates (subject to hydrolysis) is 1. The Labute approximate surface area is 338 Å². The van der Waals surface area contributed by atoms with E-state index in [1.165, 1.54) is 0 Å². The average molecular weight is 814 g/mol. The van der Waals surface area contributed by atoms with Gasteiger partial charge in [-0.15, -0.1) is 11.8 Å². The van der Waals surface area contributed by atoms with E-state index in [1.807, 2.05) is 13.0 Å². The fourth-order valence-corrected chi connectivity index (χ4v) is 13.7. The predicted octanol–water partition coefficient (Wildman–Crippen LogP) is 7.36. The fourth-order valence-electron chi connectivity index (χ4n) is 12.2.